The summed E-state index contributed by atoms with van der Waals surface area (Å²) in [6, 6.07) is 7.44. The van der Waals surface area contributed by atoms with E-state index in [1.54, 1.807) is 18.2 Å². The van der Waals surface area contributed by atoms with E-state index in [1.165, 1.54) is 34.4 Å². The van der Waals surface area contributed by atoms with Crippen LogP contribution in [0.2, 0.25) is 0 Å². The Balaban J connectivity index is 1.49. The van der Waals surface area contributed by atoms with Crippen molar-refractivity contribution >= 4 is 27.6 Å². The molecule has 2 heterocycles. The summed E-state index contributed by atoms with van der Waals surface area (Å²) in [5.74, 6) is -0.342. The lowest BCUT2D eigenvalue weighted by molar-refractivity contribution is 0.240. The minimum atomic E-state index is -0.377. The zero-order valence-corrected chi connectivity index (χ0v) is 13.5. The van der Waals surface area contributed by atoms with Crippen LogP contribution < -0.4 is 16.2 Å². The van der Waals surface area contributed by atoms with Gasteiger partial charge in [-0.25, -0.2) is 14.2 Å². The monoisotopic (exact) mass is 346 g/mol. The molecule has 8 heteroatoms. The molecule has 3 aromatic rings. The highest BCUT2D eigenvalue weighted by atomic mass is 32.1. The quantitative estimate of drug-likeness (QED) is 0.743. The number of carbonyl (C=O) groups excluding carboxylic acids is 1. The number of amides is 2. The first-order valence-electron chi connectivity index (χ1n) is 7.32. The Kier molecular flexibility index (Phi) is 4.85. The van der Waals surface area contributed by atoms with Crippen LogP contribution in [0.4, 0.5) is 9.18 Å². The van der Waals surface area contributed by atoms with Gasteiger partial charge in [0.05, 0.1) is 11.8 Å². The van der Waals surface area contributed by atoms with Crippen molar-refractivity contribution in [3.8, 4) is 0 Å². The van der Waals surface area contributed by atoms with Crippen LogP contribution in [0.5, 0.6) is 0 Å². The lowest BCUT2D eigenvalue weighted by Crippen LogP contribution is -2.37. The number of hydrogen-bond donors (Lipinski definition) is 2. The minimum Gasteiger partial charge on any atom is -0.336 e. The van der Waals surface area contributed by atoms with Crippen molar-refractivity contribution in [2.75, 3.05) is 6.54 Å². The Labute approximate surface area is 141 Å². The van der Waals surface area contributed by atoms with Crippen molar-refractivity contribution in [3.05, 3.63) is 63.8 Å². The second-order valence-electron chi connectivity index (χ2n) is 5.12. The summed E-state index contributed by atoms with van der Waals surface area (Å²) in [6.07, 6.45) is 1.48. The highest BCUT2D eigenvalue weighted by Crippen LogP contribution is 2.12. The predicted molar refractivity (Wildman–Crippen MR) is 90.5 cm³/mol. The van der Waals surface area contributed by atoms with E-state index in [4.69, 9.17) is 0 Å². The smallest absolute Gasteiger partial charge is 0.315 e. The van der Waals surface area contributed by atoms with Gasteiger partial charge in [0.2, 0.25) is 0 Å². The second-order valence-corrected chi connectivity index (χ2v) is 6.03. The molecule has 0 spiro atoms. The molecule has 0 unspecified atom stereocenters. The summed E-state index contributed by atoms with van der Waals surface area (Å²) >= 11 is 1.35. The first kappa shape index (κ1) is 16.1. The summed E-state index contributed by atoms with van der Waals surface area (Å²) in [5.41, 5.74) is 1.24. The maximum atomic E-state index is 13.0. The molecule has 0 aliphatic carbocycles. The third kappa shape index (κ3) is 3.77. The van der Waals surface area contributed by atoms with Crippen molar-refractivity contribution in [2.24, 2.45) is 0 Å². The Morgan fingerprint density at radius 2 is 2.17 bits per heavy atom. The van der Waals surface area contributed by atoms with Gasteiger partial charge < -0.3 is 10.6 Å². The topological polar surface area (TPSA) is 76.0 Å². The van der Waals surface area contributed by atoms with Crippen molar-refractivity contribution in [3.63, 3.8) is 0 Å². The van der Waals surface area contributed by atoms with E-state index >= 15 is 0 Å². The summed E-state index contributed by atoms with van der Waals surface area (Å²) in [5, 5.41) is 7.11. The SMILES string of the molecule is O=C(NCCn1cnc2ccsc2c1=O)NCc1cccc(F)c1. The maximum absolute atomic E-state index is 13.0. The highest BCUT2D eigenvalue weighted by Gasteiger charge is 2.06. The van der Waals surface area contributed by atoms with Crippen LogP contribution in [0.15, 0.2) is 46.8 Å². The number of nitrogens with one attached hydrogen (secondary N) is 2. The van der Waals surface area contributed by atoms with E-state index in [2.05, 4.69) is 15.6 Å². The number of carbonyl (C=O) groups is 1. The third-order valence-corrected chi connectivity index (χ3v) is 4.31. The molecule has 124 valence electrons. The van der Waals surface area contributed by atoms with E-state index < -0.39 is 0 Å². The van der Waals surface area contributed by atoms with Crippen LogP contribution in [0.25, 0.3) is 10.2 Å². The van der Waals surface area contributed by atoms with E-state index in [-0.39, 0.29) is 30.5 Å². The molecule has 24 heavy (non-hydrogen) atoms. The zero-order valence-electron chi connectivity index (χ0n) is 12.7. The average molecular weight is 346 g/mol. The molecule has 0 fully saturated rings. The summed E-state index contributed by atoms with van der Waals surface area (Å²) in [7, 11) is 0. The van der Waals surface area contributed by atoms with Crippen LogP contribution >= 0.6 is 11.3 Å². The number of thiophene rings is 1. The van der Waals surface area contributed by atoms with Crippen LogP contribution in [0, 0.1) is 5.82 Å². The zero-order chi connectivity index (χ0) is 16.9. The van der Waals surface area contributed by atoms with Crippen LogP contribution in [0.1, 0.15) is 5.56 Å². The normalized spacial score (nSPS) is 10.7. The largest absolute Gasteiger partial charge is 0.336 e. The fourth-order valence-electron chi connectivity index (χ4n) is 2.22. The van der Waals surface area contributed by atoms with E-state index in [0.29, 0.717) is 22.3 Å². The number of hydrogen-bond acceptors (Lipinski definition) is 4. The summed E-state index contributed by atoms with van der Waals surface area (Å²) in [4.78, 5) is 28.1. The Morgan fingerprint density at radius 1 is 1.29 bits per heavy atom. The molecule has 3 rings (SSSR count). The number of nitrogens with zero attached hydrogens (tertiary/aromatic N) is 2. The van der Waals surface area contributed by atoms with E-state index in [1.807, 2.05) is 5.38 Å². The molecule has 0 saturated heterocycles. The van der Waals surface area contributed by atoms with Crippen molar-refractivity contribution in [1.29, 1.82) is 0 Å². The lowest BCUT2D eigenvalue weighted by Gasteiger charge is -2.09. The Bertz CT molecular complexity index is 922. The Morgan fingerprint density at radius 3 is 3.00 bits per heavy atom. The molecular formula is C16H15FN4O2S. The van der Waals surface area contributed by atoms with Crippen LogP contribution in [-0.4, -0.2) is 22.1 Å². The molecule has 2 amide bonds. The minimum absolute atomic E-state index is 0.114. The van der Waals surface area contributed by atoms with E-state index in [9.17, 15) is 14.0 Å². The average Bonchev–Trinajstić information content (AvgIpc) is 3.05. The number of halogens is 1. The number of benzene rings is 1. The van der Waals surface area contributed by atoms with Gasteiger partial charge in [-0.1, -0.05) is 12.1 Å². The van der Waals surface area contributed by atoms with Gasteiger partial charge in [0, 0.05) is 19.6 Å². The van der Waals surface area contributed by atoms with Crippen LogP contribution in [0.3, 0.4) is 0 Å². The molecule has 1 aromatic carbocycles. The lowest BCUT2D eigenvalue weighted by atomic mass is 10.2. The van der Waals surface area contributed by atoms with Crippen molar-refractivity contribution in [2.45, 2.75) is 13.1 Å². The first-order valence-corrected chi connectivity index (χ1v) is 8.20. The molecular weight excluding hydrogens is 331 g/mol. The Hall–Kier alpha value is -2.74. The van der Waals surface area contributed by atoms with Gasteiger partial charge in [0.25, 0.3) is 5.56 Å². The fraction of sp³-hybridized carbons (Fsp3) is 0.188. The molecule has 2 N–H and O–H groups in total. The number of fused-ring (bicyclic) bond motifs is 1. The molecule has 6 nitrogen and oxygen atoms in total. The van der Waals surface area contributed by atoms with Crippen molar-refractivity contribution < 1.29 is 9.18 Å². The molecule has 2 aromatic heterocycles. The molecule has 0 aliphatic rings. The standard InChI is InChI=1S/C16H15FN4O2S/c17-12-3-1-2-11(8-12)9-19-16(23)18-5-6-21-10-20-13-4-7-24-14(13)15(21)22/h1-4,7-8,10H,5-6,9H2,(H2,18,19,23). The van der Waals surface area contributed by atoms with Gasteiger partial charge >= 0.3 is 6.03 Å². The van der Waals surface area contributed by atoms with E-state index in [0.717, 1.165) is 0 Å². The number of rotatable bonds is 5. The fourth-order valence-corrected chi connectivity index (χ4v) is 3.01. The molecule has 0 aliphatic heterocycles. The third-order valence-electron chi connectivity index (χ3n) is 3.42. The molecule has 0 saturated carbocycles. The number of urea groups is 1. The second kappa shape index (κ2) is 7.22. The van der Waals surface area contributed by atoms with Crippen molar-refractivity contribution in [1.82, 2.24) is 20.2 Å². The van der Waals surface area contributed by atoms with Gasteiger partial charge in [-0.05, 0) is 29.1 Å². The van der Waals surface area contributed by atoms with Gasteiger partial charge in [0.15, 0.2) is 0 Å². The first-order chi connectivity index (χ1) is 11.6. The van der Waals surface area contributed by atoms with Gasteiger partial charge in [-0.3, -0.25) is 9.36 Å². The molecule has 0 radical (unpaired) electrons. The highest BCUT2D eigenvalue weighted by molar-refractivity contribution is 7.17. The summed E-state index contributed by atoms with van der Waals surface area (Å²) in [6.45, 7) is 0.840. The molecule has 0 atom stereocenters. The van der Waals surface area contributed by atoms with Crippen LogP contribution in [-0.2, 0) is 13.1 Å². The summed E-state index contributed by atoms with van der Waals surface area (Å²) < 4.78 is 15.1. The molecule has 0 bridgehead atoms. The van der Waals surface area contributed by atoms with Gasteiger partial charge in [0.1, 0.15) is 10.5 Å². The van der Waals surface area contributed by atoms with Gasteiger partial charge in [-0.2, -0.15) is 0 Å². The maximum Gasteiger partial charge on any atom is 0.315 e. The number of aromatic nitrogens is 2. The van der Waals surface area contributed by atoms with Gasteiger partial charge in [-0.15, -0.1) is 11.3 Å². The predicted octanol–water partition coefficient (Wildman–Crippen LogP) is 2.10.